The number of rotatable bonds is 5. The van der Waals surface area contributed by atoms with Crippen LogP contribution in [0.1, 0.15) is 16.1 Å². The molecule has 0 N–H and O–H groups in total. The first kappa shape index (κ1) is 19.2. The first-order chi connectivity index (χ1) is 14.1. The molecular weight excluding hydrogens is 371 g/mol. The molecule has 0 unspecified atom stereocenters. The largest absolute Gasteiger partial charge is 0.497 e. The van der Waals surface area contributed by atoms with E-state index in [1.165, 1.54) is 11.6 Å². The zero-order valence-electron chi connectivity index (χ0n) is 16.3. The van der Waals surface area contributed by atoms with Gasteiger partial charge in [0.1, 0.15) is 17.3 Å². The van der Waals surface area contributed by atoms with Gasteiger partial charge in [-0.25, -0.2) is 4.39 Å². The molecule has 150 valence electrons. The van der Waals surface area contributed by atoms with E-state index in [4.69, 9.17) is 9.15 Å². The Morgan fingerprint density at radius 1 is 1.00 bits per heavy atom. The summed E-state index contributed by atoms with van der Waals surface area (Å²) in [6, 6.07) is 17.7. The Labute approximate surface area is 169 Å². The number of nitrogens with zero attached hydrogens (tertiary/aromatic N) is 2. The number of hydrogen-bond acceptors (Lipinski definition) is 4. The molecule has 1 aromatic heterocycles. The van der Waals surface area contributed by atoms with Gasteiger partial charge in [-0.3, -0.25) is 9.69 Å². The average Bonchev–Trinajstić information content (AvgIpc) is 3.25. The van der Waals surface area contributed by atoms with Crippen molar-refractivity contribution in [3.63, 3.8) is 0 Å². The van der Waals surface area contributed by atoms with E-state index in [1.807, 2.05) is 12.1 Å². The molecule has 1 amide bonds. The molecule has 0 radical (unpaired) electrons. The Balaban J connectivity index is 1.35. The minimum absolute atomic E-state index is 0.156. The van der Waals surface area contributed by atoms with E-state index in [1.54, 1.807) is 42.3 Å². The predicted octanol–water partition coefficient (Wildman–Crippen LogP) is 4.05. The molecule has 2 aromatic carbocycles. The fourth-order valence-electron chi connectivity index (χ4n) is 3.51. The number of ether oxygens (including phenoxy) is 1. The maximum Gasteiger partial charge on any atom is 0.289 e. The van der Waals surface area contributed by atoms with Crippen molar-refractivity contribution < 1.29 is 18.3 Å². The fraction of sp³-hybridized carbons (Fsp3) is 0.261. The molecular formula is C23H23FN2O3. The molecule has 0 aliphatic carbocycles. The standard InChI is InChI=1S/C23H23FN2O3/c1-28-18-8-6-17(7-9-18)16-25-12-14-26(15-13-25)23(27)22-11-10-21(29-22)19-4-2-3-5-20(19)24/h2-11H,12-16H2,1H3. The number of piperazine rings is 1. The zero-order chi connectivity index (χ0) is 20.2. The third kappa shape index (κ3) is 4.32. The Kier molecular flexibility index (Phi) is 5.62. The lowest BCUT2D eigenvalue weighted by molar-refractivity contribution is 0.0598. The summed E-state index contributed by atoms with van der Waals surface area (Å²) in [5.41, 5.74) is 1.57. The van der Waals surface area contributed by atoms with Gasteiger partial charge in [-0.05, 0) is 42.0 Å². The molecule has 6 heteroatoms. The monoisotopic (exact) mass is 394 g/mol. The second kappa shape index (κ2) is 8.49. The van der Waals surface area contributed by atoms with Crippen molar-refractivity contribution >= 4 is 5.91 Å². The fourth-order valence-corrected chi connectivity index (χ4v) is 3.51. The van der Waals surface area contributed by atoms with E-state index < -0.39 is 0 Å². The summed E-state index contributed by atoms with van der Waals surface area (Å²) in [4.78, 5) is 16.9. The van der Waals surface area contributed by atoms with Crippen LogP contribution in [0.4, 0.5) is 4.39 Å². The topological polar surface area (TPSA) is 45.9 Å². The van der Waals surface area contributed by atoms with E-state index in [-0.39, 0.29) is 17.5 Å². The van der Waals surface area contributed by atoms with Crippen LogP contribution >= 0.6 is 0 Å². The Bertz CT molecular complexity index is 976. The van der Waals surface area contributed by atoms with Gasteiger partial charge in [-0.2, -0.15) is 0 Å². The van der Waals surface area contributed by atoms with E-state index in [2.05, 4.69) is 17.0 Å². The third-order valence-electron chi connectivity index (χ3n) is 5.18. The molecule has 1 aliphatic heterocycles. The van der Waals surface area contributed by atoms with Crippen LogP contribution < -0.4 is 4.74 Å². The van der Waals surface area contributed by atoms with Gasteiger partial charge < -0.3 is 14.1 Å². The molecule has 0 atom stereocenters. The SMILES string of the molecule is COc1ccc(CN2CCN(C(=O)c3ccc(-c4ccccc4F)o3)CC2)cc1. The van der Waals surface area contributed by atoms with E-state index in [0.717, 1.165) is 25.4 Å². The van der Waals surface area contributed by atoms with Crippen LogP contribution in [0.5, 0.6) is 5.75 Å². The van der Waals surface area contributed by atoms with Gasteiger partial charge >= 0.3 is 0 Å². The van der Waals surface area contributed by atoms with E-state index in [0.29, 0.717) is 24.4 Å². The second-order valence-electron chi connectivity index (χ2n) is 7.06. The van der Waals surface area contributed by atoms with Crippen molar-refractivity contribution in [2.45, 2.75) is 6.54 Å². The van der Waals surface area contributed by atoms with Crippen LogP contribution in [0.25, 0.3) is 11.3 Å². The molecule has 29 heavy (non-hydrogen) atoms. The smallest absolute Gasteiger partial charge is 0.289 e. The minimum atomic E-state index is -0.368. The lowest BCUT2D eigenvalue weighted by Gasteiger charge is -2.34. The first-order valence-corrected chi connectivity index (χ1v) is 9.63. The third-order valence-corrected chi connectivity index (χ3v) is 5.18. The highest BCUT2D eigenvalue weighted by Gasteiger charge is 2.24. The molecule has 1 aliphatic rings. The van der Waals surface area contributed by atoms with Gasteiger partial charge in [0.15, 0.2) is 5.76 Å². The molecule has 0 spiro atoms. The number of hydrogen-bond donors (Lipinski definition) is 0. The number of benzene rings is 2. The molecule has 2 heterocycles. The van der Waals surface area contributed by atoms with Gasteiger partial charge in [0.05, 0.1) is 12.7 Å². The minimum Gasteiger partial charge on any atom is -0.497 e. The maximum atomic E-state index is 13.9. The van der Waals surface area contributed by atoms with E-state index >= 15 is 0 Å². The van der Waals surface area contributed by atoms with Crippen molar-refractivity contribution in [1.82, 2.24) is 9.80 Å². The van der Waals surface area contributed by atoms with Crippen molar-refractivity contribution in [2.24, 2.45) is 0 Å². The summed E-state index contributed by atoms with van der Waals surface area (Å²) >= 11 is 0. The van der Waals surface area contributed by atoms with Crippen molar-refractivity contribution in [2.75, 3.05) is 33.3 Å². The normalized spacial score (nSPS) is 14.8. The predicted molar refractivity (Wildman–Crippen MR) is 108 cm³/mol. The number of furan rings is 1. The van der Waals surface area contributed by atoms with Crippen LogP contribution in [-0.2, 0) is 6.54 Å². The number of carbonyl (C=O) groups excluding carboxylic acids is 1. The van der Waals surface area contributed by atoms with Gasteiger partial charge in [0.25, 0.3) is 5.91 Å². The lowest BCUT2D eigenvalue weighted by Crippen LogP contribution is -2.48. The average molecular weight is 394 g/mol. The summed E-state index contributed by atoms with van der Waals surface area (Å²) in [5, 5.41) is 0. The quantitative estimate of drug-likeness (QED) is 0.655. The lowest BCUT2D eigenvalue weighted by atomic mass is 10.1. The molecule has 0 bridgehead atoms. The van der Waals surface area contributed by atoms with Crippen LogP contribution in [0.2, 0.25) is 0 Å². The van der Waals surface area contributed by atoms with Gasteiger partial charge in [-0.15, -0.1) is 0 Å². The zero-order valence-corrected chi connectivity index (χ0v) is 16.3. The van der Waals surface area contributed by atoms with Crippen LogP contribution in [0.3, 0.4) is 0 Å². The first-order valence-electron chi connectivity index (χ1n) is 9.63. The summed E-state index contributed by atoms with van der Waals surface area (Å²) in [6.45, 7) is 3.68. The van der Waals surface area contributed by atoms with Crippen LogP contribution in [0, 0.1) is 5.82 Å². The Morgan fingerprint density at radius 2 is 1.72 bits per heavy atom. The number of halogens is 1. The van der Waals surface area contributed by atoms with E-state index in [9.17, 15) is 9.18 Å². The molecule has 3 aromatic rings. The van der Waals surface area contributed by atoms with Crippen molar-refractivity contribution in [1.29, 1.82) is 0 Å². The van der Waals surface area contributed by atoms with Gasteiger partial charge in [-0.1, -0.05) is 24.3 Å². The highest BCUT2D eigenvalue weighted by atomic mass is 19.1. The highest BCUT2D eigenvalue weighted by molar-refractivity contribution is 5.92. The van der Waals surface area contributed by atoms with Crippen molar-refractivity contribution in [3.8, 4) is 17.1 Å². The highest BCUT2D eigenvalue weighted by Crippen LogP contribution is 2.25. The molecule has 1 saturated heterocycles. The summed E-state index contributed by atoms with van der Waals surface area (Å²) in [5.74, 6) is 0.929. The summed E-state index contributed by atoms with van der Waals surface area (Å²) in [7, 11) is 1.66. The molecule has 4 rings (SSSR count). The molecule has 5 nitrogen and oxygen atoms in total. The summed E-state index contributed by atoms with van der Waals surface area (Å²) in [6.07, 6.45) is 0. The van der Waals surface area contributed by atoms with Gasteiger partial charge in [0, 0.05) is 32.7 Å². The van der Waals surface area contributed by atoms with Crippen molar-refractivity contribution in [3.05, 3.63) is 77.8 Å². The van der Waals surface area contributed by atoms with Gasteiger partial charge in [0.2, 0.25) is 0 Å². The molecule has 0 saturated carbocycles. The number of methoxy groups -OCH3 is 1. The Morgan fingerprint density at radius 3 is 2.41 bits per heavy atom. The number of amides is 1. The molecule has 1 fully saturated rings. The second-order valence-corrected chi connectivity index (χ2v) is 7.06. The summed E-state index contributed by atoms with van der Waals surface area (Å²) < 4.78 is 24.8. The Hall–Kier alpha value is -3.12. The maximum absolute atomic E-state index is 13.9. The van der Waals surface area contributed by atoms with Crippen LogP contribution in [-0.4, -0.2) is 49.0 Å². The number of carbonyl (C=O) groups is 1. The van der Waals surface area contributed by atoms with Crippen LogP contribution in [0.15, 0.2) is 65.1 Å².